The summed E-state index contributed by atoms with van der Waals surface area (Å²) < 4.78 is 5.74. The van der Waals surface area contributed by atoms with Gasteiger partial charge in [-0.2, -0.15) is 0 Å². The van der Waals surface area contributed by atoms with Crippen molar-refractivity contribution >= 4 is 35.0 Å². The van der Waals surface area contributed by atoms with Gasteiger partial charge in [-0.15, -0.1) is 23.5 Å². The average Bonchev–Trinajstić information content (AvgIpc) is 2.43. The van der Waals surface area contributed by atoms with Crippen LogP contribution in [0.3, 0.4) is 0 Å². The molecule has 0 saturated carbocycles. The van der Waals surface area contributed by atoms with Crippen molar-refractivity contribution in [3.63, 3.8) is 0 Å². The number of hydrogen-bond donors (Lipinski definition) is 0. The van der Waals surface area contributed by atoms with Crippen LogP contribution in [0.4, 0.5) is 5.69 Å². The van der Waals surface area contributed by atoms with Crippen molar-refractivity contribution in [2.45, 2.75) is 0 Å². The first-order valence-electron chi connectivity index (χ1n) is 5.20. The molecule has 0 N–H and O–H groups in total. The first-order valence-corrected chi connectivity index (χ1v) is 7.64. The quantitative estimate of drug-likeness (QED) is 0.347. The zero-order valence-corrected chi connectivity index (χ0v) is 12.3. The number of carbonyl (C=O) groups excluding carboxylic acids is 1. The van der Waals surface area contributed by atoms with Gasteiger partial charge in [-0.3, -0.25) is 14.9 Å². The molecule has 0 radical (unpaired) electrons. The predicted molar refractivity (Wildman–Crippen MR) is 79.1 cm³/mol. The van der Waals surface area contributed by atoms with E-state index in [4.69, 9.17) is 4.74 Å². The van der Waals surface area contributed by atoms with Gasteiger partial charge in [-0.05, 0) is 24.6 Å². The molecule has 0 aromatic heterocycles. The SMILES string of the molecule is COc1ccc(C(=O)C=C(SC)SC)cc1[N+](=O)[O-]. The summed E-state index contributed by atoms with van der Waals surface area (Å²) in [6.45, 7) is 0. The lowest BCUT2D eigenvalue weighted by Gasteiger charge is -2.03. The van der Waals surface area contributed by atoms with Crippen molar-refractivity contribution < 1.29 is 14.5 Å². The largest absolute Gasteiger partial charge is 0.490 e. The summed E-state index contributed by atoms with van der Waals surface area (Å²) in [7, 11) is 1.35. The van der Waals surface area contributed by atoms with Crippen LogP contribution >= 0.6 is 23.5 Å². The fraction of sp³-hybridized carbons (Fsp3) is 0.250. The molecule has 0 amide bonds. The maximum Gasteiger partial charge on any atom is 0.311 e. The third-order valence-electron chi connectivity index (χ3n) is 2.31. The number of thioether (sulfide) groups is 2. The summed E-state index contributed by atoms with van der Waals surface area (Å²) in [6.07, 6.45) is 5.21. The van der Waals surface area contributed by atoms with Crippen LogP contribution < -0.4 is 4.74 Å². The number of nitro groups is 1. The summed E-state index contributed by atoms with van der Waals surface area (Å²) in [5, 5.41) is 10.9. The molecule has 19 heavy (non-hydrogen) atoms. The third kappa shape index (κ3) is 4.00. The monoisotopic (exact) mass is 299 g/mol. The Labute approximate surface area is 119 Å². The smallest absolute Gasteiger partial charge is 0.311 e. The highest BCUT2D eigenvalue weighted by Gasteiger charge is 2.17. The van der Waals surface area contributed by atoms with Crippen LogP contribution in [0.25, 0.3) is 0 Å². The van der Waals surface area contributed by atoms with Gasteiger partial charge in [-0.1, -0.05) is 0 Å². The van der Waals surface area contributed by atoms with E-state index in [-0.39, 0.29) is 22.8 Å². The summed E-state index contributed by atoms with van der Waals surface area (Å²) in [4.78, 5) is 22.3. The van der Waals surface area contributed by atoms with E-state index in [1.54, 1.807) is 0 Å². The predicted octanol–water partition coefficient (Wildman–Crippen LogP) is 3.35. The van der Waals surface area contributed by atoms with Gasteiger partial charge in [0.25, 0.3) is 0 Å². The summed E-state index contributed by atoms with van der Waals surface area (Å²) in [5.41, 5.74) is 0.0599. The van der Waals surface area contributed by atoms with E-state index in [0.717, 1.165) is 4.24 Å². The van der Waals surface area contributed by atoms with Crippen molar-refractivity contribution in [2.24, 2.45) is 0 Å². The molecule has 1 aromatic rings. The van der Waals surface area contributed by atoms with Crippen LogP contribution in [0.2, 0.25) is 0 Å². The first kappa shape index (κ1) is 15.6. The van der Waals surface area contributed by atoms with Crippen LogP contribution in [-0.2, 0) is 0 Å². The molecular weight excluding hydrogens is 286 g/mol. The molecule has 7 heteroatoms. The Hall–Kier alpha value is -1.47. The Morgan fingerprint density at radius 2 is 2.00 bits per heavy atom. The fourth-order valence-corrected chi connectivity index (χ4v) is 2.49. The normalized spacial score (nSPS) is 9.84. The molecule has 0 unspecified atom stereocenters. The minimum Gasteiger partial charge on any atom is -0.490 e. The van der Waals surface area contributed by atoms with Gasteiger partial charge in [-0.25, -0.2) is 0 Å². The number of nitrogens with zero attached hydrogens (tertiary/aromatic N) is 1. The second-order valence-electron chi connectivity index (χ2n) is 3.38. The number of methoxy groups -OCH3 is 1. The van der Waals surface area contributed by atoms with Crippen LogP contribution in [0.5, 0.6) is 5.75 Å². The highest BCUT2D eigenvalue weighted by atomic mass is 32.2. The second kappa shape index (κ2) is 7.20. The Balaban J connectivity index is 3.15. The van der Waals surface area contributed by atoms with Crippen LogP contribution in [0.1, 0.15) is 10.4 Å². The lowest BCUT2D eigenvalue weighted by molar-refractivity contribution is -0.385. The second-order valence-corrected chi connectivity index (χ2v) is 5.33. The summed E-state index contributed by atoms with van der Waals surface area (Å²) in [5.74, 6) is -0.120. The molecule has 0 bridgehead atoms. The maximum atomic E-state index is 12.0. The van der Waals surface area contributed by atoms with E-state index in [2.05, 4.69) is 0 Å². The van der Waals surface area contributed by atoms with Crippen molar-refractivity contribution in [3.8, 4) is 5.75 Å². The molecule has 102 valence electrons. The molecule has 0 aliphatic heterocycles. The van der Waals surface area contributed by atoms with Gasteiger partial charge in [0.15, 0.2) is 11.5 Å². The number of ether oxygens (including phenoxy) is 1. The van der Waals surface area contributed by atoms with Gasteiger partial charge in [0.05, 0.1) is 12.0 Å². The van der Waals surface area contributed by atoms with Crippen molar-refractivity contribution in [1.82, 2.24) is 0 Å². The standard InChI is InChI=1S/C12H13NO4S2/c1-17-11-5-4-8(6-9(11)13(15)16)10(14)7-12(18-2)19-3/h4-7H,1-3H3. The van der Waals surface area contributed by atoms with Gasteiger partial charge >= 0.3 is 5.69 Å². The third-order valence-corrected chi connectivity index (χ3v) is 4.35. The number of allylic oxidation sites excluding steroid dienone is 1. The highest BCUT2D eigenvalue weighted by molar-refractivity contribution is 8.21. The molecule has 0 aliphatic rings. The van der Waals surface area contributed by atoms with E-state index < -0.39 is 4.92 Å². The molecule has 0 heterocycles. The molecule has 1 rings (SSSR count). The van der Waals surface area contributed by atoms with Crippen molar-refractivity contribution in [3.05, 3.63) is 44.2 Å². The molecule has 1 aromatic carbocycles. The number of benzene rings is 1. The van der Waals surface area contributed by atoms with E-state index in [1.165, 1.54) is 54.9 Å². The summed E-state index contributed by atoms with van der Waals surface area (Å²) in [6, 6.07) is 4.18. The number of ketones is 1. The Bertz CT molecular complexity index is 522. The van der Waals surface area contributed by atoms with Crippen molar-refractivity contribution in [2.75, 3.05) is 19.6 Å². The molecule has 5 nitrogen and oxygen atoms in total. The minimum atomic E-state index is -0.566. The molecular formula is C12H13NO4S2. The molecule has 0 fully saturated rings. The van der Waals surface area contributed by atoms with Crippen LogP contribution in [0.15, 0.2) is 28.5 Å². The van der Waals surface area contributed by atoms with E-state index in [9.17, 15) is 14.9 Å². The zero-order chi connectivity index (χ0) is 14.4. The Morgan fingerprint density at radius 3 is 2.47 bits per heavy atom. The molecule has 0 saturated heterocycles. The minimum absolute atomic E-state index is 0.139. The topological polar surface area (TPSA) is 69.4 Å². The fourth-order valence-electron chi connectivity index (χ4n) is 1.38. The summed E-state index contributed by atoms with van der Waals surface area (Å²) >= 11 is 2.91. The van der Waals surface area contributed by atoms with Gasteiger partial charge in [0.2, 0.25) is 0 Å². The van der Waals surface area contributed by atoms with Crippen LogP contribution in [0, 0.1) is 10.1 Å². The lowest BCUT2D eigenvalue weighted by atomic mass is 10.1. The molecule has 0 atom stereocenters. The number of rotatable bonds is 6. The van der Waals surface area contributed by atoms with E-state index >= 15 is 0 Å². The average molecular weight is 299 g/mol. The Kier molecular flexibility index (Phi) is 5.91. The first-order chi connectivity index (χ1) is 9.03. The number of nitro benzene ring substituents is 1. The lowest BCUT2D eigenvalue weighted by Crippen LogP contribution is -1.99. The van der Waals surface area contributed by atoms with Gasteiger partial charge in [0, 0.05) is 21.9 Å². The van der Waals surface area contributed by atoms with Gasteiger partial charge in [0.1, 0.15) is 0 Å². The van der Waals surface area contributed by atoms with E-state index in [0.29, 0.717) is 0 Å². The van der Waals surface area contributed by atoms with Crippen molar-refractivity contribution in [1.29, 1.82) is 0 Å². The van der Waals surface area contributed by atoms with E-state index in [1.807, 2.05) is 12.5 Å². The number of hydrogen-bond acceptors (Lipinski definition) is 6. The molecule has 0 spiro atoms. The highest BCUT2D eigenvalue weighted by Crippen LogP contribution is 2.29. The zero-order valence-electron chi connectivity index (χ0n) is 10.7. The maximum absolute atomic E-state index is 12.0. The van der Waals surface area contributed by atoms with Crippen LogP contribution in [-0.4, -0.2) is 30.3 Å². The Morgan fingerprint density at radius 1 is 1.37 bits per heavy atom. The molecule has 0 aliphatic carbocycles. The van der Waals surface area contributed by atoms with Gasteiger partial charge < -0.3 is 4.74 Å². The number of carbonyl (C=O) groups is 1.